The summed E-state index contributed by atoms with van der Waals surface area (Å²) in [4.78, 5) is 11.4. The molecular weight excluding hydrogens is 298 g/mol. The number of hydrogen-bond acceptors (Lipinski definition) is 4. The van der Waals surface area contributed by atoms with Crippen LogP contribution in [0.2, 0.25) is 0 Å². The number of rotatable bonds is 2. The van der Waals surface area contributed by atoms with Crippen LogP contribution in [-0.2, 0) is 13.0 Å². The van der Waals surface area contributed by atoms with Gasteiger partial charge in [0.15, 0.2) is 0 Å². The van der Waals surface area contributed by atoms with Crippen LogP contribution in [0, 0.1) is 13.8 Å². The number of ether oxygens (including phenoxy) is 1. The highest BCUT2D eigenvalue weighted by molar-refractivity contribution is 5.96. The minimum Gasteiger partial charge on any atom is -0.467 e. The Morgan fingerprint density at radius 3 is 2.62 bits per heavy atom. The van der Waals surface area contributed by atoms with Crippen molar-refractivity contribution in [3.8, 4) is 6.01 Å². The molecule has 4 nitrogen and oxygen atoms in total. The molecule has 2 heterocycles. The average Bonchev–Trinajstić information content (AvgIpc) is 2.61. The highest BCUT2D eigenvalue weighted by Crippen LogP contribution is 2.33. The molecule has 0 fully saturated rings. The van der Waals surface area contributed by atoms with Crippen molar-refractivity contribution in [1.82, 2.24) is 9.97 Å². The second-order valence-corrected chi connectivity index (χ2v) is 6.34. The van der Waals surface area contributed by atoms with Gasteiger partial charge in [0.1, 0.15) is 0 Å². The predicted molar refractivity (Wildman–Crippen MR) is 96.8 cm³/mol. The van der Waals surface area contributed by atoms with Crippen molar-refractivity contribution < 1.29 is 4.74 Å². The van der Waals surface area contributed by atoms with E-state index in [0.29, 0.717) is 6.01 Å². The van der Waals surface area contributed by atoms with E-state index in [4.69, 9.17) is 4.74 Å². The molecule has 0 aliphatic carbocycles. The molecule has 0 amide bonds. The first-order valence-electron chi connectivity index (χ1n) is 8.31. The predicted octanol–water partition coefficient (Wildman–Crippen LogP) is 3.82. The van der Waals surface area contributed by atoms with Crippen LogP contribution in [0.3, 0.4) is 0 Å². The molecule has 1 aliphatic heterocycles. The van der Waals surface area contributed by atoms with Crippen molar-refractivity contribution in [2.24, 2.45) is 0 Å². The second kappa shape index (κ2) is 5.78. The lowest BCUT2D eigenvalue weighted by molar-refractivity contribution is 0.375. The first kappa shape index (κ1) is 14.9. The minimum atomic E-state index is 0.460. The van der Waals surface area contributed by atoms with Crippen LogP contribution in [0.5, 0.6) is 6.01 Å². The molecule has 24 heavy (non-hydrogen) atoms. The van der Waals surface area contributed by atoms with E-state index in [9.17, 15) is 0 Å². The quantitative estimate of drug-likeness (QED) is 0.720. The summed E-state index contributed by atoms with van der Waals surface area (Å²) in [6.07, 6.45) is 0.966. The number of benzene rings is 2. The summed E-state index contributed by atoms with van der Waals surface area (Å²) < 4.78 is 5.25. The summed E-state index contributed by atoms with van der Waals surface area (Å²) in [6.45, 7) is 6.00. The molecule has 4 heteroatoms. The molecule has 4 rings (SSSR count). The van der Waals surface area contributed by atoms with Gasteiger partial charge in [-0.05, 0) is 42.8 Å². The third-order valence-corrected chi connectivity index (χ3v) is 4.87. The summed E-state index contributed by atoms with van der Waals surface area (Å²) in [7, 11) is 1.62. The summed E-state index contributed by atoms with van der Waals surface area (Å²) in [5, 5.41) is 2.62. The van der Waals surface area contributed by atoms with E-state index in [1.807, 2.05) is 6.92 Å². The molecule has 3 aromatic rings. The van der Waals surface area contributed by atoms with Gasteiger partial charge in [-0.25, -0.2) is 4.98 Å². The first-order valence-corrected chi connectivity index (χ1v) is 8.31. The monoisotopic (exact) mass is 319 g/mol. The van der Waals surface area contributed by atoms with Gasteiger partial charge in [-0.1, -0.05) is 30.3 Å². The van der Waals surface area contributed by atoms with Gasteiger partial charge in [-0.2, -0.15) is 4.98 Å². The molecule has 2 aromatic carbocycles. The van der Waals surface area contributed by atoms with Gasteiger partial charge < -0.3 is 9.64 Å². The second-order valence-electron chi connectivity index (χ2n) is 6.34. The number of hydrogen-bond donors (Lipinski definition) is 0. The molecule has 1 aromatic heterocycles. The van der Waals surface area contributed by atoms with Crippen LogP contribution in [0.15, 0.2) is 36.4 Å². The van der Waals surface area contributed by atoms with E-state index < -0.39 is 0 Å². The van der Waals surface area contributed by atoms with E-state index in [1.165, 1.54) is 27.6 Å². The Kier molecular flexibility index (Phi) is 3.60. The van der Waals surface area contributed by atoms with Gasteiger partial charge in [0.05, 0.1) is 19.3 Å². The standard InChI is InChI=1S/C20H21N3O/c1-13-6-4-7-15-8-5-9-18(19(13)15)23-11-10-16-14(2)21-20(24-3)22-17(16)12-23/h4-9H,10-12H2,1-3H3. The van der Waals surface area contributed by atoms with Gasteiger partial charge in [-0.3, -0.25) is 0 Å². The molecule has 0 atom stereocenters. The van der Waals surface area contributed by atoms with Gasteiger partial charge in [0.25, 0.3) is 0 Å². The molecule has 0 bridgehead atoms. The summed E-state index contributed by atoms with van der Waals surface area (Å²) >= 11 is 0. The molecule has 0 saturated heterocycles. The fourth-order valence-electron chi connectivity index (χ4n) is 3.66. The summed E-state index contributed by atoms with van der Waals surface area (Å²) in [5.41, 5.74) is 5.97. The summed E-state index contributed by atoms with van der Waals surface area (Å²) in [5.74, 6) is 0. The SMILES string of the molecule is COc1nc(C)c2c(n1)CN(c1cccc3cccc(C)c13)CC2. The van der Waals surface area contributed by atoms with E-state index in [1.54, 1.807) is 7.11 Å². The molecule has 0 unspecified atom stereocenters. The van der Waals surface area contributed by atoms with Crippen LogP contribution in [0.4, 0.5) is 5.69 Å². The maximum absolute atomic E-state index is 5.25. The minimum absolute atomic E-state index is 0.460. The van der Waals surface area contributed by atoms with Crippen molar-refractivity contribution in [3.05, 3.63) is 58.9 Å². The topological polar surface area (TPSA) is 38.3 Å². The van der Waals surface area contributed by atoms with Crippen molar-refractivity contribution in [2.45, 2.75) is 26.8 Å². The van der Waals surface area contributed by atoms with E-state index in [2.05, 4.69) is 58.2 Å². The number of methoxy groups -OCH3 is 1. The van der Waals surface area contributed by atoms with Gasteiger partial charge in [0.2, 0.25) is 0 Å². The fraction of sp³-hybridized carbons (Fsp3) is 0.300. The van der Waals surface area contributed by atoms with Crippen molar-refractivity contribution >= 4 is 16.5 Å². The third kappa shape index (κ3) is 2.39. The van der Waals surface area contributed by atoms with Crippen LogP contribution in [0.25, 0.3) is 10.8 Å². The zero-order chi connectivity index (χ0) is 16.7. The average molecular weight is 319 g/mol. The van der Waals surface area contributed by atoms with Gasteiger partial charge in [0, 0.05) is 23.3 Å². The highest BCUT2D eigenvalue weighted by atomic mass is 16.5. The number of aryl methyl sites for hydroxylation is 2. The Morgan fingerprint density at radius 1 is 1.04 bits per heavy atom. The largest absolute Gasteiger partial charge is 0.467 e. The molecule has 122 valence electrons. The van der Waals surface area contributed by atoms with Crippen LogP contribution in [-0.4, -0.2) is 23.6 Å². The normalized spacial score (nSPS) is 13.9. The lowest BCUT2D eigenvalue weighted by Gasteiger charge is -2.32. The number of aromatic nitrogens is 2. The summed E-state index contributed by atoms with van der Waals surface area (Å²) in [6, 6.07) is 13.5. The highest BCUT2D eigenvalue weighted by Gasteiger charge is 2.22. The maximum atomic E-state index is 5.25. The molecule has 0 N–H and O–H groups in total. The van der Waals surface area contributed by atoms with Gasteiger partial charge >= 0.3 is 6.01 Å². The number of nitrogens with zero attached hydrogens (tertiary/aromatic N) is 3. The zero-order valence-corrected chi connectivity index (χ0v) is 14.3. The van der Waals surface area contributed by atoms with E-state index in [-0.39, 0.29) is 0 Å². The Morgan fingerprint density at radius 2 is 1.83 bits per heavy atom. The lowest BCUT2D eigenvalue weighted by Crippen LogP contribution is -2.32. The number of anilines is 1. The van der Waals surface area contributed by atoms with Gasteiger partial charge in [-0.15, -0.1) is 0 Å². The third-order valence-electron chi connectivity index (χ3n) is 4.87. The molecule has 0 spiro atoms. The van der Waals surface area contributed by atoms with E-state index >= 15 is 0 Å². The van der Waals surface area contributed by atoms with Crippen LogP contribution < -0.4 is 9.64 Å². The lowest BCUT2D eigenvalue weighted by atomic mass is 9.99. The molecule has 1 aliphatic rings. The molecule has 0 saturated carbocycles. The smallest absolute Gasteiger partial charge is 0.316 e. The Hall–Kier alpha value is -2.62. The number of fused-ring (bicyclic) bond motifs is 2. The Balaban J connectivity index is 1.79. The molecule has 0 radical (unpaired) electrons. The van der Waals surface area contributed by atoms with Crippen LogP contribution in [0.1, 0.15) is 22.5 Å². The fourth-order valence-corrected chi connectivity index (χ4v) is 3.66. The Labute approximate surface area is 142 Å². The first-order chi connectivity index (χ1) is 11.7. The van der Waals surface area contributed by atoms with Crippen LogP contribution >= 0.6 is 0 Å². The van der Waals surface area contributed by atoms with E-state index in [0.717, 1.165) is 30.9 Å². The zero-order valence-electron chi connectivity index (χ0n) is 14.3. The van der Waals surface area contributed by atoms with Crippen molar-refractivity contribution in [1.29, 1.82) is 0 Å². The molecular formula is C20H21N3O. The van der Waals surface area contributed by atoms with Crippen molar-refractivity contribution in [3.63, 3.8) is 0 Å². The van der Waals surface area contributed by atoms with Crippen molar-refractivity contribution in [2.75, 3.05) is 18.6 Å². The maximum Gasteiger partial charge on any atom is 0.316 e. The Bertz CT molecular complexity index is 915.